The minimum atomic E-state index is 0.565. The van der Waals surface area contributed by atoms with Gasteiger partial charge in [0.15, 0.2) is 0 Å². The van der Waals surface area contributed by atoms with E-state index in [2.05, 4.69) is 21.3 Å². The highest BCUT2D eigenvalue weighted by molar-refractivity contribution is 6.29. The fourth-order valence-corrected chi connectivity index (χ4v) is 2.30. The lowest BCUT2D eigenvalue weighted by molar-refractivity contribution is 0.188. The van der Waals surface area contributed by atoms with Crippen LogP contribution in [0.5, 0.6) is 0 Å². The topological polar surface area (TPSA) is 28.2 Å². The summed E-state index contributed by atoms with van der Waals surface area (Å²) in [4.78, 5) is 6.57. The fourth-order valence-electron chi connectivity index (χ4n) is 2.19. The van der Waals surface area contributed by atoms with Crippen LogP contribution in [0.15, 0.2) is 18.3 Å². The minimum absolute atomic E-state index is 0.565. The number of hydrogen-bond donors (Lipinski definition) is 1. The molecule has 2 heterocycles. The zero-order valence-corrected chi connectivity index (χ0v) is 10.4. The van der Waals surface area contributed by atoms with E-state index in [1.807, 2.05) is 19.3 Å². The number of hydrogen-bond acceptors (Lipinski definition) is 3. The number of halogens is 1. The van der Waals surface area contributed by atoms with E-state index in [9.17, 15) is 0 Å². The molecule has 1 saturated heterocycles. The van der Waals surface area contributed by atoms with Gasteiger partial charge in [0.1, 0.15) is 5.15 Å². The molecule has 0 aliphatic carbocycles. The zero-order valence-electron chi connectivity index (χ0n) is 9.62. The first-order valence-electron chi connectivity index (χ1n) is 5.78. The van der Waals surface area contributed by atoms with Crippen molar-refractivity contribution in [1.29, 1.82) is 0 Å². The van der Waals surface area contributed by atoms with Crippen LogP contribution in [-0.4, -0.2) is 36.1 Å². The molecule has 0 spiro atoms. The van der Waals surface area contributed by atoms with Crippen molar-refractivity contribution in [1.82, 2.24) is 15.2 Å². The van der Waals surface area contributed by atoms with Gasteiger partial charge in [-0.05, 0) is 38.1 Å². The third-order valence-electron chi connectivity index (χ3n) is 3.11. The summed E-state index contributed by atoms with van der Waals surface area (Å²) in [5.41, 5.74) is 1.24. The number of aromatic nitrogens is 1. The molecule has 1 aromatic heterocycles. The molecule has 1 atom stereocenters. The molecule has 0 bridgehead atoms. The number of piperidine rings is 1. The zero-order chi connectivity index (χ0) is 11.4. The van der Waals surface area contributed by atoms with Crippen LogP contribution < -0.4 is 5.32 Å². The molecule has 0 unspecified atom stereocenters. The molecule has 0 radical (unpaired) electrons. The normalized spacial score (nSPS) is 22.2. The van der Waals surface area contributed by atoms with Crippen molar-refractivity contribution in [3.8, 4) is 0 Å². The molecule has 0 amide bonds. The summed E-state index contributed by atoms with van der Waals surface area (Å²) in [6.45, 7) is 3.28. The molecule has 1 aromatic rings. The van der Waals surface area contributed by atoms with Crippen molar-refractivity contribution < 1.29 is 0 Å². The Morgan fingerprint density at radius 2 is 2.44 bits per heavy atom. The number of nitrogens with zero attached hydrogens (tertiary/aromatic N) is 2. The van der Waals surface area contributed by atoms with E-state index >= 15 is 0 Å². The van der Waals surface area contributed by atoms with Gasteiger partial charge in [-0.15, -0.1) is 0 Å². The molecule has 88 valence electrons. The van der Waals surface area contributed by atoms with Gasteiger partial charge in [0, 0.05) is 25.3 Å². The second kappa shape index (κ2) is 5.62. The second-order valence-corrected chi connectivity index (χ2v) is 4.74. The Hall–Kier alpha value is -0.640. The van der Waals surface area contributed by atoms with Crippen molar-refractivity contribution in [3.05, 3.63) is 29.0 Å². The Morgan fingerprint density at radius 1 is 1.56 bits per heavy atom. The van der Waals surface area contributed by atoms with Gasteiger partial charge in [0.05, 0.1) is 0 Å². The van der Waals surface area contributed by atoms with Gasteiger partial charge in [0.25, 0.3) is 0 Å². The van der Waals surface area contributed by atoms with Gasteiger partial charge >= 0.3 is 0 Å². The molecule has 1 fully saturated rings. The van der Waals surface area contributed by atoms with Crippen LogP contribution in [0, 0.1) is 0 Å². The lowest BCUT2D eigenvalue weighted by Gasteiger charge is -2.32. The Balaban J connectivity index is 1.91. The number of likely N-dealkylation sites (N-methyl/N-ethyl adjacent to an activating group) is 1. The molecular weight excluding hydrogens is 222 g/mol. The summed E-state index contributed by atoms with van der Waals surface area (Å²) in [5, 5.41) is 3.92. The minimum Gasteiger partial charge on any atom is -0.316 e. The third-order valence-corrected chi connectivity index (χ3v) is 3.33. The van der Waals surface area contributed by atoms with Crippen molar-refractivity contribution in [2.24, 2.45) is 0 Å². The highest BCUT2D eigenvalue weighted by atomic mass is 35.5. The highest BCUT2D eigenvalue weighted by Crippen LogP contribution is 2.14. The molecule has 1 aliphatic heterocycles. The van der Waals surface area contributed by atoms with Crippen molar-refractivity contribution in [3.63, 3.8) is 0 Å². The highest BCUT2D eigenvalue weighted by Gasteiger charge is 2.18. The first-order valence-corrected chi connectivity index (χ1v) is 6.16. The number of pyridine rings is 1. The maximum absolute atomic E-state index is 5.77. The van der Waals surface area contributed by atoms with Crippen LogP contribution in [-0.2, 0) is 6.54 Å². The molecule has 4 heteroatoms. The maximum Gasteiger partial charge on any atom is 0.129 e. The van der Waals surface area contributed by atoms with E-state index < -0.39 is 0 Å². The molecule has 16 heavy (non-hydrogen) atoms. The standard InChI is InChI=1S/C12H18ClN3/c1-14-11-3-2-6-16(9-11)8-10-4-5-12(13)15-7-10/h4-5,7,11,14H,2-3,6,8-9H2,1H3/t11-/m1/s1. The van der Waals surface area contributed by atoms with E-state index in [1.54, 1.807) is 0 Å². The quantitative estimate of drug-likeness (QED) is 0.817. The Bertz CT molecular complexity index is 326. The molecule has 2 rings (SSSR count). The van der Waals surface area contributed by atoms with Crippen molar-refractivity contribution >= 4 is 11.6 Å². The van der Waals surface area contributed by atoms with Crippen LogP contribution in [0.4, 0.5) is 0 Å². The van der Waals surface area contributed by atoms with Crippen LogP contribution in [0.3, 0.4) is 0 Å². The van der Waals surface area contributed by atoms with Crippen LogP contribution in [0.25, 0.3) is 0 Å². The number of likely N-dealkylation sites (tertiary alicyclic amines) is 1. The molecule has 3 nitrogen and oxygen atoms in total. The lowest BCUT2D eigenvalue weighted by Crippen LogP contribution is -2.43. The van der Waals surface area contributed by atoms with Gasteiger partial charge < -0.3 is 5.32 Å². The Kier molecular flexibility index (Phi) is 4.16. The molecule has 0 saturated carbocycles. The van der Waals surface area contributed by atoms with Crippen LogP contribution in [0.2, 0.25) is 5.15 Å². The van der Waals surface area contributed by atoms with Gasteiger partial charge in [-0.3, -0.25) is 4.90 Å². The SMILES string of the molecule is CN[C@@H]1CCCN(Cc2ccc(Cl)nc2)C1. The molecule has 1 N–H and O–H groups in total. The third kappa shape index (κ3) is 3.17. The van der Waals surface area contributed by atoms with E-state index in [1.165, 1.54) is 24.9 Å². The number of rotatable bonds is 3. The van der Waals surface area contributed by atoms with E-state index in [4.69, 9.17) is 11.6 Å². The van der Waals surface area contributed by atoms with E-state index in [0.717, 1.165) is 13.1 Å². The summed E-state index contributed by atoms with van der Waals surface area (Å²) in [6.07, 6.45) is 4.42. The smallest absolute Gasteiger partial charge is 0.129 e. The molecule has 1 aliphatic rings. The van der Waals surface area contributed by atoms with Crippen LogP contribution >= 0.6 is 11.6 Å². The average Bonchev–Trinajstić information content (AvgIpc) is 2.32. The second-order valence-electron chi connectivity index (χ2n) is 4.35. The summed E-state index contributed by atoms with van der Waals surface area (Å²) in [7, 11) is 2.04. The Morgan fingerprint density at radius 3 is 3.12 bits per heavy atom. The predicted octanol–water partition coefficient (Wildman–Crippen LogP) is 1.92. The summed E-state index contributed by atoms with van der Waals surface area (Å²) in [6, 6.07) is 4.54. The van der Waals surface area contributed by atoms with Gasteiger partial charge in [0.2, 0.25) is 0 Å². The molecule has 0 aromatic carbocycles. The van der Waals surface area contributed by atoms with E-state index in [0.29, 0.717) is 11.2 Å². The maximum atomic E-state index is 5.77. The number of nitrogens with one attached hydrogen (secondary N) is 1. The Labute approximate surface area is 102 Å². The largest absolute Gasteiger partial charge is 0.316 e. The monoisotopic (exact) mass is 239 g/mol. The first-order chi connectivity index (χ1) is 7.78. The summed E-state index contributed by atoms with van der Waals surface area (Å²) < 4.78 is 0. The molecular formula is C12H18ClN3. The van der Waals surface area contributed by atoms with Gasteiger partial charge in [-0.25, -0.2) is 4.98 Å². The summed E-state index contributed by atoms with van der Waals surface area (Å²) in [5.74, 6) is 0. The van der Waals surface area contributed by atoms with Crippen molar-refractivity contribution in [2.75, 3.05) is 20.1 Å². The van der Waals surface area contributed by atoms with Gasteiger partial charge in [-0.2, -0.15) is 0 Å². The summed E-state index contributed by atoms with van der Waals surface area (Å²) >= 11 is 5.77. The lowest BCUT2D eigenvalue weighted by atomic mass is 10.1. The van der Waals surface area contributed by atoms with Crippen molar-refractivity contribution in [2.45, 2.75) is 25.4 Å². The van der Waals surface area contributed by atoms with Gasteiger partial charge in [-0.1, -0.05) is 17.7 Å². The average molecular weight is 240 g/mol. The first kappa shape index (κ1) is 11.8. The fraction of sp³-hybridized carbons (Fsp3) is 0.583. The van der Waals surface area contributed by atoms with E-state index in [-0.39, 0.29) is 0 Å². The van der Waals surface area contributed by atoms with Crippen LogP contribution in [0.1, 0.15) is 18.4 Å². The predicted molar refractivity (Wildman–Crippen MR) is 66.6 cm³/mol.